The van der Waals surface area contributed by atoms with E-state index in [1.807, 2.05) is 38.1 Å². The Morgan fingerprint density at radius 3 is 2.27 bits per heavy atom. The molecule has 1 fully saturated rings. The van der Waals surface area contributed by atoms with Crippen LogP contribution in [0.2, 0.25) is 5.02 Å². The van der Waals surface area contributed by atoms with Gasteiger partial charge in [0.15, 0.2) is 11.5 Å². The molecule has 1 aliphatic rings. The van der Waals surface area contributed by atoms with E-state index in [-0.39, 0.29) is 12.2 Å². The Bertz CT molecular complexity index is 1370. The lowest BCUT2D eigenvalue weighted by Crippen LogP contribution is -2.54. The number of ether oxygens (including phenoxy) is 2. The molecule has 4 amide bonds. The Morgan fingerprint density at radius 1 is 0.946 bits per heavy atom. The molecule has 0 spiro atoms. The predicted molar refractivity (Wildman–Crippen MR) is 146 cm³/mol. The second-order valence-corrected chi connectivity index (χ2v) is 9.45. The summed E-state index contributed by atoms with van der Waals surface area (Å²) in [6, 6.07) is 16.9. The summed E-state index contributed by atoms with van der Waals surface area (Å²) in [4.78, 5) is 39.3. The minimum atomic E-state index is -0.793. The second-order valence-electron chi connectivity index (χ2n) is 8.16. The van der Waals surface area contributed by atoms with Gasteiger partial charge < -0.3 is 9.47 Å². The smallest absolute Gasteiger partial charge is 0.335 e. The van der Waals surface area contributed by atoms with Crippen molar-refractivity contribution < 1.29 is 23.9 Å². The van der Waals surface area contributed by atoms with E-state index in [2.05, 4.69) is 21.2 Å². The highest BCUT2D eigenvalue weighted by Crippen LogP contribution is 2.38. The van der Waals surface area contributed by atoms with Gasteiger partial charge in [-0.3, -0.25) is 14.9 Å². The molecule has 1 N–H and O–H groups in total. The maximum atomic E-state index is 13.3. The maximum absolute atomic E-state index is 13.3. The zero-order valence-electron chi connectivity index (χ0n) is 20.2. The van der Waals surface area contributed by atoms with E-state index < -0.39 is 17.8 Å². The fraction of sp³-hybridized carbons (Fsp3) is 0.179. The molecule has 9 heteroatoms. The van der Waals surface area contributed by atoms with E-state index in [0.29, 0.717) is 38.9 Å². The molecule has 4 rings (SSSR count). The Balaban J connectivity index is 1.64. The first-order valence-electron chi connectivity index (χ1n) is 11.6. The number of urea groups is 1. The Kier molecular flexibility index (Phi) is 8.31. The number of carbonyl (C=O) groups is 3. The highest BCUT2D eigenvalue weighted by atomic mass is 79.9. The van der Waals surface area contributed by atoms with Crippen LogP contribution >= 0.6 is 27.5 Å². The molecule has 0 radical (unpaired) electrons. The Morgan fingerprint density at radius 2 is 1.62 bits per heavy atom. The lowest BCUT2D eigenvalue weighted by Gasteiger charge is -2.26. The van der Waals surface area contributed by atoms with Crippen molar-refractivity contribution in [2.24, 2.45) is 0 Å². The van der Waals surface area contributed by atoms with E-state index in [0.717, 1.165) is 22.4 Å². The molecule has 0 atom stereocenters. The Hall–Kier alpha value is -3.62. The van der Waals surface area contributed by atoms with E-state index in [1.54, 1.807) is 36.4 Å². The van der Waals surface area contributed by atoms with Crippen LogP contribution in [0, 0.1) is 0 Å². The molecule has 37 heavy (non-hydrogen) atoms. The maximum Gasteiger partial charge on any atom is 0.335 e. The van der Waals surface area contributed by atoms with Crippen molar-refractivity contribution in [3.63, 3.8) is 0 Å². The number of nitrogens with one attached hydrogen (secondary N) is 1. The first-order valence-corrected chi connectivity index (χ1v) is 12.8. The van der Waals surface area contributed by atoms with Crippen molar-refractivity contribution in [2.45, 2.75) is 26.9 Å². The van der Waals surface area contributed by atoms with Crippen LogP contribution in [0.3, 0.4) is 0 Å². The monoisotopic (exact) mass is 582 g/mol. The number of anilines is 1. The van der Waals surface area contributed by atoms with Gasteiger partial charge >= 0.3 is 6.03 Å². The number of benzene rings is 3. The predicted octanol–water partition coefficient (Wildman–Crippen LogP) is 6.31. The van der Waals surface area contributed by atoms with Crippen LogP contribution in [0.4, 0.5) is 10.5 Å². The van der Waals surface area contributed by atoms with Gasteiger partial charge in [-0.2, -0.15) is 0 Å². The number of imide groups is 2. The quantitative estimate of drug-likeness (QED) is 0.248. The third-order valence-corrected chi connectivity index (χ3v) is 6.48. The van der Waals surface area contributed by atoms with Crippen LogP contribution < -0.4 is 19.7 Å². The van der Waals surface area contributed by atoms with E-state index >= 15 is 0 Å². The molecule has 1 saturated heterocycles. The highest BCUT2D eigenvalue weighted by Gasteiger charge is 2.36. The van der Waals surface area contributed by atoms with Gasteiger partial charge in [0, 0.05) is 5.02 Å². The molecule has 190 valence electrons. The molecule has 7 nitrogen and oxygen atoms in total. The van der Waals surface area contributed by atoms with Gasteiger partial charge in [-0.1, -0.05) is 42.8 Å². The number of hydrogen-bond acceptors (Lipinski definition) is 5. The topological polar surface area (TPSA) is 84.9 Å². The van der Waals surface area contributed by atoms with Gasteiger partial charge in [-0.05, 0) is 88.4 Å². The second kappa shape index (κ2) is 11.6. The van der Waals surface area contributed by atoms with Gasteiger partial charge in [0.1, 0.15) is 12.2 Å². The standard InChI is InChI=1S/C28H24BrClN2O5/c1-3-17-7-11-21(12-8-17)32-27(34)22(26(33)31-28(32)35)13-19-14-23(29)25(24(15-19)36-4-2)37-16-18-5-9-20(30)10-6-18/h5-15H,3-4,16H2,1-2H3,(H,31,33,35)/b22-13-. The summed E-state index contributed by atoms with van der Waals surface area (Å²) >= 11 is 9.47. The zero-order chi connectivity index (χ0) is 26.5. The van der Waals surface area contributed by atoms with Crippen LogP contribution in [0.15, 0.2) is 70.7 Å². The third kappa shape index (κ3) is 6.03. The molecular weight excluding hydrogens is 560 g/mol. The van der Waals surface area contributed by atoms with Gasteiger partial charge in [0.25, 0.3) is 11.8 Å². The summed E-state index contributed by atoms with van der Waals surface area (Å²) < 4.78 is 12.4. The van der Waals surface area contributed by atoms with E-state index in [9.17, 15) is 14.4 Å². The number of hydrogen-bond donors (Lipinski definition) is 1. The molecular formula is C28H24BrClN2O5. The van der Waals surface area contributed by atoms with E-state index in [4.69, 9.17) is 21.1 Å². The number of carbonyl (C=O) groups excluding carboxylic acids is 3. The number of rotatable bonds is 8. The van der Waals surface area contributed by atoms with Gasteiger partial charge in [0.05, 0.1) is 16.8 Å². The fourth-order valence-corrected chi connectivity index (χ4v) is 4.45. The Labute approximate surface area is 228 Å². The van der Waals surface area contributed by atoms with Crippen LogP contribution in [0.25, 0.3) is 6.08 Å². The van der Waals surface area contributed by atoms with E-state index in [1.165, 1.54) is 6.08 Å². The number of aryl methyl sites for hydroxylation is 1. The summed E-state index contributed by atoms with van der Waals surface area (Å²) in [7, 11) is 0. The largest absolute Gasteiger partial charge is 0.490 e. The van der Waals surface area contributed by atoms with Crippen LogP contribution in [-0.4, -0.2) is 24.5 Å². The summed E-state index contributed by atoms with van der Waals surface area (Å²) in [5, 5.41) is 2.88. The molecule has 0 aromatic heterocycles. The molecule has 1 heterocycles. The number of nitrogens with zero attached hydrogens (tertiary/aromatic N) is 1. The lowest BCUT2D eigenvalue weighted by atomic mass is 10.1. The molecule has 0 aliphatic carbocycles. The van der Waals surface area contributed by atoms with Crippen LogP contribution in [-0.2, 0) is 22.6 Å². The average Bonchev–Trinajstić information content (AvgIpc) is 2.87. The van der Waals surface area contributed by atoms with Crippen LogP contribution in [0.5, 0.6) is 11.5 Å². The number of halogens is 2. The van der Waals surface area contributed by atoms with Gasteiger partial charge in [0.2, 0.25) is 0 Å². The molecule has 3 aromatic carbocycles. The molecule has 1 aliphatic heterocycles. The minimum Gasteiger partial charge on any atom is -0.490 e. The normalized spacial score (nSPS) is 14.6. The van der Waals surface area contributed by atoms with Crippen LogP contribution in [0.1, 0.15) is 30.5 Å². The zero-order valence-corrected chi connectivity index (χ0v) is 22.6. The van der Waals surface area contributed by atoms with Crippen molar-refractivity contribution in [1.29, 1.82) is 0 Å². The first-order chi connectivity index (χ1) is 17.8. The minimum absolute atomic E-state index is 0.177. The van der Waals surface area contributed by atoms with Gasteiger partial charge in [-0.25, -0.2) is 9.69 Å². The molecule has 3 aromatic rings. The fourth-order valence-electron chi connectivity index (χ4n) is 3.75. The summed E-state index contributed by atoms with van der Waals surface area (Å²) in [6.45, 7) is 4.51. The highest BCUT2D eigenvalue weighted by molar-refractivity contribution is 9.10. The van der Waals surface area contributed by atoms with Crippen molar-refractivity contribution in [2.75, 3.05) is 11.5 Å². The molecule has 0 saturated carbocycles. The third-order valence-electron chi connectivity index (χ3n) is 5.64. The first kappa shape index (κ1) is 26.4. The SMILES string of the molecule is CCOc1cc(/C=C2/C(=O)NC(=O)N(c3ccc(CC)cc3)C2=O)cc(Br)c1OCc1ccc(Cl)cc1. The van der Waals surface area contributed by atoms with Crippen molar-refractivity contribution in [1.82, 2.24) is 5.32 Å². The summed E-state index contributed by atoms with van der Waals surface area (Å²) in [5.41, 5.74) is 2.70. The van der Waals surface area contributed by atoms with Crippen molar-refractivity contribution in [3.05, 3.63) is 92.4 Å². The van der Waals surface area contributed by atoms with Gasteiger partial charge in [-0.15, -0.1) is 0 Å². The number of barbiturate groups is 1. The summed E-state index contributed by atoms with van der Waals surface area (Å²) in [6.07, 6.45) is 2.24. The lowest BCUT2D eigenvalue weighted by molar-refractivity contribution is -0.122. The summed E-state index contributed by atoms with van der Waals surface area (Å²) in [5.74, 6) is -0.570. The molecule has 0 bridgehead atoms. The molecule has 0 unspecified atom stereocenters. The van der Waals surface area contributed by atoms with Crippen molar-refractivity contribution >= 4 is 57.1 Å². The average molecular weight is 584 g/mol. The van der Waals surface area contributed by atoms with Crippen molar-refractivity contribution in [3.8, 4) is 11.5 Å². The number of amides is 4.